The molecule has 1 atom stereocenters. The second-order valence-electron chi connectivity index (χ2n) is 6.94. The molecule has 1 amide bonds. The van der Waals surface area contributed by atoms with E-state index in [2.05, 4.69) is 37.9 Å². The average Bonchev–Trinajstić information content (AvgIpc) is 2.96. The molecule has 0 aliphatic carbocycles. The predicted octanol–water partition coefficient (Wildman–Crippen LogP) is 3.83. The Morgan fingerprint density at radius 2 is 1.67 bits per heavy atom. The minimum atomic E-state index is -0.154. The fourth-order valence-corrected chi connectivity index (χ4v) is 3.37. The Hall–Kier alpha value is -0.570. The molecule has 0 aromatic rings. The van der Waals surface area contributed by atoms with Gasteiger partial charge in [-0.3, -0.25) is 4.79 Å². The van der Waals surface area contributed by atoms with E-state index < -0.39 is 0 Å². The summed E-state index contributed by atoms with van der Waals surface area (Å²) in [4.78, 5) is 15.4. The van der Waals surface area contributed by atoms with Crippen molar-refractivity contribution in [3.8, 4) is 0 Å². The summed E-state index contributed by atoms with van der Waals surface area (Å²) in [5, 5.41) is 3.42. The Morgan fingerprint density at radius 1 is 1.10 bits per heavy atom. The summed E-state index contributed by atoms with van der Waals surface area (Å²) < 4.78 is 0. The van der Waals surface area contributed by atoms with Crippen LogP contribution >= 0.6 is 0 Å². The van der Waals surface area contributed by atoms with Crippen molar-refractivity contribution in [3.05, 3.63) is 0 Å². The molecule has 1 heterocycles. The van der Waals surface area contributed by atoms with E-state index >= 15 is 0 Å². The van der Waals surface area contributed by atoms with Crippen molar-refractivity contribution in [1.82, 2.24) is 10.2 Å². The lowest BCUT2D eigenvalue weighted by molar-refractivity contribution is -0.144. The van der Waals surface area contributed by atoms with Crippen LogP contribution in [-0.4, -0.2) is 37.0 Å². The molecule has 0 aromatic heterocycles. The summed E-state index contributed by atoms with van der Waals surface area (Å²) in [6.45, 7) is 12.6. The first-order valence-electron chi connectivity index (χ1n) is 9.08. The van der Waals surface area contributed by atoms with Crippen LogP contribution in [0.4, 0.5) is 0 Å². The van der Waals surface area contributed by atoms with Crippen molar-refractivity contribution in [3.63, 3.8) is 0 Å². The molecule has 1 aliphatic heterocycles. The van der Waals surface area contributed by atoms with Gasteiger partial charge in [0.05, 0.1) is 5.41 Å². The summed E-state index contributed by atoms with van der Waals surface area (Å²) in [5.41, 5.74) is -0.154. The van der Waals surface area contributed by atoms with Crippen LogP contribution in [0.1, 0.15) is 72.6 Å². The van der Waals surface area contributed by atoms with E-state index in [4.69, 9.17) is 0 Å². The molecule has 1 aliphatic rings. The van der Waals surface area contributed by atoms with Crippen LogP contribution < -0.4 is 5.32 Å². The van der Waals surface area contributed by atoms with E-state index in [1.165, 1.54) is 25.7 Å². The number of rotatable bonds is 10. The third kappa shape index (κ3) is 4.98. The van der Waals surface area contributed by atoms with Gasteiger partial charge in [0.15, 0.2) is 0 Å². The summed E-state index contributed by atoms with van der Waals surface area (Å²) >= 11 is 0. The lowest BCUT2D eigenvalue weighted by Crippen LogP contribution is -2.49. The summed E-state index contributed by atoms with van der Waals surface area (Å²) in [6, 6.07) is 0. The molecule has 0 radical (unpaired) electrons. The van der Waals surface area contributed by atoms with Crippen molar-refractivity contribution in [1.29, 1.82) is 0 Å². The van der Waals surface area contributed by atoms with Crippen LogP contribution in [0.25, 0.3) is 0 Å². The van der Waals surface area contributed by atoms with Crippen LogP contribution in [0.15, 0.2) is 0 Å². The number of hydrogen-bond donors (Lipinski definition) is 1. The number of nitrogens with one attached hydrogen (secondary N) is 1. The highest BCUT2D eigenvalue weighted by molar-refractivity contribution is 5.83. The molecule has 1 saturated heterocycles. The molecule has 1 rings (SSSR count). The van der Waals surface area contributed by atoms with E-state index in [-0.39, 0.29) is 5.41 Å². The van der Waals surface area contributed by atoms with Crippen LogP contribution in [0.5, 0.6) is 0 Å². The molecule has 0 saturated carbocycles. The normalized spacial score (nSPS) is 22.0. The highest BCUT2D eigenvalue weighted by Gasteiger charge is 2.45. The first kappa shape index (κ1) is 18.5. The van der Waals surface area contributed by atoms with Crippen LogP contribution in [0.2, 0.25) is 0 Å². The van der Waals surface area contributed by atoms with Gasteiger partial charge in [0, 0.05) is 19.6 Å². The summed E-state index contributed by atoms with van der Waals surface area (Å²) in [5.74, 6) is 0.828. The van der Waals surface area contributed by atoms with Gasteiger partial charge >= 0.3 is 0 Å². The van der Waals surface area contributed by atoms with Crippen LogP contribution in [0, 0.1) is 11.3 Å². The van der Waals surface area contributed by atoms with Gasteiger partial charge < -0.3 is 10.2 Å². The van der Waals surface area contributed by atoms with Gasteiger partial charge in [0.25, 0.3) is 0 Å². The van der Waals surface area contributed by atoms with Crippen LogP contribution in [-0.2, 0) is 4.79 Å². The van der Waals surface area contributed by atoms with Crippen molar-refractivity contribution in [2.45, 2.75) is 72.6 Å². The molecule has 3 nitrogen and oxygen atoms in total. The van der Waals surface area contributed by atoms with Gasteiger partial charge in [-0.15, -0.1) is 0 Å². The summed E-state index contributed by atoms with van der Waals surface area (Å²) in [7, 11) is 0. The van der Waals surface area contributed by atoms with Gasteiger partial charge in [-0.1, -0.05) is 53.4 Å². The molecular weight excluding hydrogens is 260 g/mol. The Bertz CT molecular complexity index is 286. The van der Waals surface area contributed by atoms with Crippen molar-refractivity contribution in [2.75, 3.05) is 26.2 Å². The topological polar surface area (TPSA) is 32.3 Å². The Kier molecular flexibility index (Phi) is 8.31. The standard InChI is InChI=1S/C18H36N2O/c1-5-7-9-13-20(14-10-8-6-2)17(21)18(16(3)4)11-12-19-15-18/h16,19H,5-15H2,1-4H3. The second kappa shape index (κ2) is 9.45. The third-order valence-corrected chi connectivity index (χ3v) is 5.07. The quantitative estimate of drug-likeness (QED) is 0.621. The van der Waals surface area contributed by atoms with Gasteiger partial charge in [-0.2, -0.15) is 0 Å². The number of hydrogen-bond acceptors (Lipinski definition) is 2. The lowest BCUT2D eigenvalue weighted by atomic mass is 9.75. The average molecular weight is 296 g/mol. The Labute approximate surface area is 131 Å². The molecule has 1 unspecified atom stereocenters. The lowest BCUT2D eigenvalue weighted by Gasteiger charge is -2.37. The number of carbonyl (C=O) groups excluding carboxylic acids is 1. The molecule has 3 heteroatoms. The first-order chi connectivity index (χ1) is 10.1. The molecule has 0 spiro atoms. The van der Waals surface area contributed by atoms with E-state index in [1.54, 1.807) is 0 Å². The molecule has 1 N–H and O–H groups in total. The summed E-state index contributed by atoms with van der Waals surface area (Å²) in [6.07, 6.45) is 8.18. The zero-order valence-corrected chi connectivity index (χ0v) is 14.7. The first-order valence-corrected chi connectivity index (χ1v) is 9.08. The van der Waals surface area contributed by atoms with Crippen molar-refractivity contribution >= 4 is 5.91 Å². The SMILES string of the molecule is CCCCCN(CCCCC)C(=O)C1(C(C)C)CCNC1. The van der Waals surface area contributed by atoms with Gasteiger partial charge in [-0.05, 0) is 31.7 Å². The molecule has 124 valence electrons. The number of unbranched alkanes of at least 4 members (excludes halogenated alkanes) is 4. The minimum Gasteiger partial charge on any atom is -0.342 e. The Balaban J connectivity index is 2.71. The molecule has 0 aromatic carbocycles. The maximum Gasteiger partial charge on any atom is 0.230 e. The van der Waals surface area contributed by atoms with E-state index in [0.29, 0.717) is 11.8 Å². The maximum atomic E-state index is 13.2. The highest BCUT2D eigenvalue weighted by Crippen LogP contribution is 2.36. The van der Waals surface area contributed by atoms with Crippen molar-refractivity contribution < 1.29 is 4.79 Å². The number of carbonyl (C=O) groups is 1. The molecule has 0 bridgehead atoms. The van der Waals surface area contributed by atoms with Gasteiger partial charge in [0.2, 0.25) is 5.91 Å². The number of amides is 1. The van der Waals surface area contributed by atoms with Crippen LogP contribution in [0.3, 0.4) is 0 Å². The van der Waals surface area contributed by atoms with E-state index in [9.17, 15) is 4.79 Å². The molecule has 1 fully saturated rings. The maximum absolute atomic E-state index is 13.2. The third-order valence-electron chi connectivity index (χ3n) is 5.07. The monoisotopic (exact) mass is 296 g/mol. The minimum absolute atomic E-state index is 0.154. The van der Waals surface area contributed by atoms with E-state index in [0.717, 1.165) is 45.4 Å². The highest BCUT2D eigenvalue weighted by atomic mass is 16.2. The van der Waals surface area contributed by atoms with E-state index in [1.807, 2.05) is 0 Å². The van der Waals surface area contributed by atoms with Gasteiger partial charge in [-0.25, -0.2) is 0 Å². The zero-order valence-electron chi connectivity index (χ0n) is 14.7. The van der Waals surface area contributed by atoms with Gasteiger partial charge in [0.1, 0.15) is 0 Å². The molecule has 21 heavy (non-hydrogen) atoms. The molecular formula is C18H36N2O. The zero-order chi connectivity index (χ0) is 15.7. The Morgan fingerprint density at radius 3 is 2.05 bits per heavy atom. The smallest absolute Gasteiger partial charge is 0.230 e. The number of nitrogens with zero attached hydrogens (tertiary/aromatic N) is 1. The largest absolute Gasteiger partial charge is 0.342 e. The predicted molar refractivity (Wildman–Crippen MR) is 90.4 cm³/mol. The fourth-order valence-electron chi connectivity index (χ4n) is 3.37. The second-order valence-corrected chi connectivity index (χ2v) is 6.94. The van der Waals surface area contributed by atoms with Crippen molar-refractivity contribution in [2.24, 2.45) is 11.3 Å². The fraction of sp³-hybridized carbons (Fsp3) is 0.944.